The van der Waals surface area contributed by atoms with Crippen molar-refractivity contribution in [2.45, 2.75) is 0 Å². The maximum absolute atomic E-state index is 13.7. The molecule has 8 nitrogen and oxygen atoms in total. The summed E-state index contributed by atoms with van der Waals surface area (Å²) in [7, 11) is 4.54. The molecule has 0 aliphatic rings. The van der Waals surface area contributed by atoms with Crippen LogP contribution in [-0.2, 0) is 0 Å². The standard InChI is InChI=1S/C20H19FN4O4/c1-27-16-8-13(9-17(28-2)18(16)29-3)24-20-22-10-12(11-23-20)19(26)25-15-7-5-4-6-14(15)21/h4-11H,1-3H3,(H,25,26)(H,22,23,24). The first-order valence-corrected chi connectivity index (χ1v) is 8.50. The van der Waals surface area contributed by atoms with Gasteiger partial charge in [-0.15, -0.1) is 0 Å². The smallest absolute Gasteiger partial charge is 0.258 e. The van der Waals surface area contributed by atoms with Crippen LogP contribution in [0.1, 0.15) is 10.4 Å². The number of halogens is 1. The van der Waals surface area contributed by atoms with Gasteiger partial charge in [0.25, 0.3) is 5.91 Å². The Morgan fingerprint density at radius 1 is 0.966 bits per heavy atom. The molecule has 2 N–H and O–H groups in total. The normalized spacial score (nSPS) is 10.2. The molecule has 0 atom stereocenters. The molecule has 0 spiro atoms. The lowest BCUT2D eigenvalue weighted by Gasteiger charge is -2.14. The third-order valence-electron chi connectivity index (χ3n) is 3.96. The predicted octanol–water partition coefficient (Wildman–Crippen LogP) is 3.64. The van der Waals surface area contributed by atoms with Gasteiger partial charge in [-0.05, 0) is 12.1 Å². The topological polar surface area (TPSA) is 94.6 Å². The zero-order chi connectivity index (χ0) is 20.8. The van der Waals surface area contributed by atoms with E-state index in [1.165, 1.54) is 51.9 Å². The number of rotatable bonds is 7. The number of benzene rings is 2. The largest absolute Gasteiger partial charge is 0.493 e. The van der Waals surface area contributed by atoms with Gasteiger partial charge < -0.3 is 24.8 Å². The van der Waals surface area contributed by atoms with Crippen molar-refractivity contribution in [3.63, 3.8) is 0 Å². The van der Waals surface area contributed by atoms with Crippen LogP contribution in [0.3, 0.4) is 0 Å². The van der Waals surface area contributed by atoms with Gasteiger partial charge in [-0.25, -0.2) is 14.4 Å². The van der Waals surface area contributed by atoms with Gasteiger partial charge in [-0.3, -0.25) is 4.79 Å². The minimum atomic E-state index is -0.526. The second-order valence-corrected chi connectivity index (χ2v) is 5.77. The molecule has 0 saturated heterocycles. The van der Waals surface area contributed by atoms with Crippen LogP contribution in [0.25, 0.3) is 0 Å². The molecule has 29 heavy (non-hydrogen) atoms. The molecule has 3 rings (SSSR count). The lowest BCUT2D eigenvalue weighted by molar-refractivity contribution is 0.102. The van der Waals surface area contributed by atoms with E-state index in [1.54, 1.807) is 18.2 Å². The van der Waals surface area contributed by atoms with Crippen molar-refractivity contribution in [3.8, 4) is 17.2 Å². The third kappa shape index (κ3) is 4.52. The number of carbonyl (C=O) groups excluding carboxylic acids is 1. The van der Waals surface area contributed by atoms with Crippen molar-refractivity contribution in [3.05, 3.63) is 60.2 Å². The summed E-state index contributed by atoms with van der Waals surface area (Å²) < 4.78 is 29.6. The van der Waals surface area contributed by atoms with E-state index in [9.17, 15) is 9.18 Å². The summed E-state index contributed by atoms with van der Waals surface area (Å²) >= 11 is 0. The fraction of sp³-hybridized carbons (Fsp3) is 0.150. The molecule has 9 heteroatoms. The molecule has 1 aromatic heterocycles. The second kappa shape index (κ2) is 8.87. The van der Waals surface area contributed by atoms with Crippen LogP contribution in [0.15, 0.2) is 48.8 Å². The SMILES string of the molecule is COc1cc(Nc2ncc(C(=O)Nc3ccccc3F)cn2)cc(OC)c1OC. The van der Waals surface area contributed by atoms with Crippen molar-refractivity contribution < 1.29 is 23.4 Å². The Labute approximate surface area is 166 Å². The summed E-state index contributed by atoms with van der Waals surface area (Å²) in [6, 6.07) is 9.29. The van der Waals surface area contributed by atoms with Gasteiger partial charge in [0.15, 0.2) is 11.5 Å². The number of hydrogen-bond acceptors (Lipinski definition) is 7. The molecule has 0 fully saturated rings. The highest BCUT2D eigenvalue weighted by molar-refractivity contribution is 6.03. The molecule has 1 amide bonds. The van der Waals surface area contributed by atoms with Crippen molar-refractivity contribution in [2.75, 3.05) is 32.0 Å². The first-order chi connectivity index (χ1) is 14.0. The second-order valence-electron chi connectivity index (χ2n) is 5.77. The Hall–Kier alpha value is -3.88. The van der Waals surface area contributed by atoms with Crippen molar-refractivity contribution in [1.29, 1.82) is 0 Å². The first kappa shape index (κ1) is 19.9. The number of nitrogens with zero attached hydrogens (tertiary/aromatic N) is 2. The summed E-state index contributed by atoms with van der Waals surface area (Å²) in [6.45, 7) is 0. The van der Waals surface area contributed by atoms with Gasteiger partial charge in [0.1, 0.15) is 5.82 Å². The van der Waals surface area contributed by atoms with Crippen LogP contribution < -0.4 is 24.8 Å². The van der Waals surface area contributed by atoms with Crippen molar-refractivity contribution >= 4 is 23.2 Å². The summed E-state index contributed by atoms with van der Waals surface area (Å²) in [6.07, 6.45) is 2.67. The molecule has 0 aliphatic heterocycles. The van der Waals surface area contributed by atoms with Gasteiger partial charge in [0.2, 0.25) is 11.7 Å². The van der Waals surface area contributed by atoms with Crippen LogP contribution in [-0.4, -0.2) is 37.2 Å². The zero-order valence-corrected chi connectivity index (χ0v) is 16.0. The number of nitrogens with one attached hydrogen (secondary N) is 2. The molecule has 0 radical (unpaired) electrons. The Morgan fingerprint density at radius 3 is 2.14 bits per heavy atom. The van der Waals surface area contributed by atoms with E-state index in [2.05, 4.69) is 20.6 Å². The number of amides is 1. The van der Waals surface area contributed by atoms with Gasteiger partial charge in [0.05, 0.1) is 32.6 Å². The summed E-state index contributed by atoms with van der Waals surface area (Å²) in [5.74, 6) is 0.603. The lowest BCUT2D eigenvalue weighted by Crippen LogP contribution is -2.14. The van der Waals surface area contributed by atoms with Gasteiger partial charge in [0, 0.05) is 30.2 Å². The van der Waals surface area contributed by atoms with Gasteiger partial charge >= 0.3 is 0 Å². The van der Waals surface area contributed by atoms with E-state index in [-0.39, 0.29) is 17.2 Å². The third-order valence-corrected chi connectivity index (χ3v) is 3.96. The van der Waals surface area contributed by atoms with E-state index < -0.39 is 11.7 Å². The van der Waals surface area contributed by atoms with Crippen LogP contribution in [0.2, 0.25) is 0 Å². The van der Waals surface area contributed by atoms with E-state index >= 15 is 0 Å². The molecule has 0 aliphatic carbocycles. The molecule has 0 bridgehead atoms. The van der Waals surface area contributed by atoms with E-state index in [1.807, 2.05) is 0 Å². The summed E-state index contributed by atoms with van der Waals surface area (Å²) in [5, 5.41) is 5.48. The Morgan fingerprint density at radius 2 is 1.59 bits per heavy atom. The molecule has 2 aromatic carbocycles. The number of ether oxygens (including phenoxy) is 3. The fourth-order valence-corrected chi connectivity index (χ4v) is 2.55. The van der Waals surface area contributed by atoms with E-state index in [4.69, 9.17) is 14.2 Å². The van der Waals surface area contributed by atoms with Crippen LogP contribution in [0.5, 0.6) is 17.2 Å². The number of anilines is 3. The Kier molecular flexibility index (Phi) is 6.08. The number of hydrogen-bond donors (Lipinski definition) is 2. The van der Waals surface area contributed by atoms with E-state index in [0.717, 1.165) is 0 Å². The van der Waals surface area contributed by atoms with Crippen molar-refractivity contribution in [1.82, 2.24) is 9.97 Å². The Balaban J connectivity index is 1.75. The maximum atomic E-state index is 13.7. The molecule has 0 unspecified atom stereocenters. The first-order valence-electron chi connectivity index (χ1n) is 8.50. The number of aromatic nitrogens is 2. The molecule has 0 saturated carbocycles. The number of carbonyl (C=O) groups is 1. The summed E-state index contributed by atoms with van der Waals surface area (Å²) in [4.78, 5) is 20.5. The highest BCUT2D eigenvalue weighted by Gasteiger charge is 2.14. The zero-order valence-electron chi connectivity index (χ0n) is 16.0. The quantitative estimate of drug-likeness (QED) is 0.627. The molecular formula is C20H19FN4O4. The number of methoxy groups -OCH3 is 3. The molecule has 1 heterocycles. The average Bonchev–Trinajstić information content (AvgIpc) is 2.75. The van der Waals surface area contributed by atoms with Crippen LogP contribution in [0.4, 0.5) is 21.7 Å². The predicted molar refractivity (Wildman–Crippen MR) is 106 cm³/mol. The summed E-state index contributed by atoms with van der Waals surface area (Å²) in [5.41, 5.74) is 0.865. The maximum Gasteiger partial charge on any atom is 0.258 e. The Bertz CT molecular complexity index is 987. The molecular weight excluding hydrogens is 379 g/mol. The number of para-hydroxylation sites is 1. The van der Waals surface area contributed by atoms with E-state index in [0.29, 0.717) is 22.9 Å². The highest BCUT2D eigenvalue weighted by Crippen LogP contribution is 2.40. The lowest BCUT2D eigenvalue weighted by atomic mass is 10.2. The van der Waals surface area contributed by atoms with Crippen LogP contribution in [0, 0.1) is 5.82 Å². The molecule has 3 aromatic rings. The monoisotopic (exact) mass is 398 g/mol. The van der Waals surface area contributed by atoms with Crippen LogP contribution >= 0.6 is 0 Å². The highest BCUT2D eigenvalue weighted by atomic mass is 19.1. The molecule has 150 valence electrons. The minimum absolute atomic E-state index is 0.0807. The van der Waals surface area contributed by atoms with Gasteiger partial charge in [-0.2, -0.15) is 0 Å². The minimum Gasteiger partial charge on any atom is -0.493 e. The van der Waals surface area contributed by atoms with Crippen molar-refractivity contribution in [2.24, 2.45) is 0 Å². The average molecular weight is 398 g/mol. The van der Waals surface area contributed by atoms with Gasteiger partial charge in [-0.1, -0.05) is 12.1 Å². The fourth-order valence-electron chi connectivity index (χ4n) is 2.55.